The van der Waals surface area contributed by atoms with E-state index in [1.54, 1.807) is 12.1 Å². The number of amides is 3. The van der Waals surface area contributed by atoms with E-state index in [9.17, 15) is 23.2 Å². The van der Waals surface area contributed by atoms with Crippen molar-refractivity contribution in [3.63, 3.8) is 0 Å². The third-order valence-electron chi connectivity index (χ3n) is 8.47. The Kier molecular flexibility index (Phi) is 6.68. The first-order valence-corrected chi connectivity index (χ1v) is 12.9. The maximum Gasteiger partial charge on any atom is 0.255 e. The average molecular weight is 501 g/mol. The lowest BCUT2D eigenvalue weighted by atomic mass is 9.65. The van der Waals surface area contributed by atoms with Gasteiger partial charge < -0.3 is 10.2 Å². The molecule has 2 aliphatic heterocycles. The smallest absolute Gasteiger partial charge is 0.255 e. The second-order valence-corrected chi connectivity index (χ2v) is 11.0. The lowest BCUT2D eigenvalue weighted by Crippen LogP contribution is -2.57. The van der Waals surface area contributed by atoms with Crippen molar-refractivity contribution >= 4 is 25.6 Å². The highest BCUT2D eigenvalue weighted by atomic mass is 19.3. The van der Waals surface area contributed by atoms with Crippen LogP contribution in [0.3, 0.4) is 0 Å². The zero-order valence-electron chi connectivity index (χ0n) is 20.3. The van der Waals surface area contributed by atoms with Crippen molar-refractivity contribution in [2.45, 2.75) is 101 Å². The van der Waals surface area contributed by atoms with Crippen LogP contribution in [0.5, 0.6) is 0 Å². The van der Waals surface area contributed by atoms with Gasteiger partial charge in [0, 0.05) is 36.4 Å². The van der Waals surface area contributed by atoms with Crippen LogP contribution in [0.2, 0.25) is 0 Å². The van der Waals surface area contributed by atoms with E-state index >= 15 is 4.39 Å². The van der Waals surface area contributed by atoms with E-state index < -0.39 is 35.0 Å². The Morgan fingerprint density at radius 3 is 2.50 bits per heavy atom. The maximum atomic E-state index is 15.7. The predicted octanol–water partition coefficient (Wildman–Crippen LogP) is 3.35. The van der Waals surface area contributed by atoms with Gasteiger partial charge in [0.1, 0.15) is 11.9 Å². The fourth-order valence-corrected chi connectivity index (χ4v) is 6.31. The quantitative estimate of drug-likeness (QED) is 0.480. The number of halogens is 3. The second kappa shape index (κ2) is 9.51. The third kappa shape index (κ3) is 4.93. The van der Waals surface area contributed by atoms with Crippen LogP contribution in [0.25, 0.3) is 0 Å². The molecule has 4 aliphatic rings. The van der Waals surface area contributed by atoms with Gasteiger partial charge in [0.05, 0.1) is 14.4 Å². The molecule has 6 nitrogen and oxygen atoms in total. The minimum absolute atomic E-state index is 0.00438. The first-order chi connectivity index (χ1) is 17.1. The number of hydrogen-bond donors (Lipinski definition) is 2. The van der Waals surface area contributed by atoms with Gasteiger partial charge in [-0.3, -0.25) is 19.7 Å². The van der Waals surface area contributed by atoms with Crippen molar-refractivity contribution < 1.29 is 27.6 Å². The summed E-state index contributed by atoms with van der Waals surface area (Å²) in [5, 5.41) is 5.72. The zero-order valence-corrected chi connectivity index (χ0v) is 20.3. The summed E-state index contributed by atoms with van der Waals surface area (Å²) in [4.78, 5) is 38.1. The predicted molar refractivity (Wildman–Crippen MR) is 127 cm³/mol. The molecule has 3 amide bonds. The molecule has 1 aromatic rings. The number of imide groups is 1. The highest BCUT2D eigenvalue weighted by Gasteiger charge is 2.43. The minimum Gasteiger partial charge on any atom is -0.322 e. The van der Waals surface area contributed by atoms with Crippen molar-refractivity contribution in [1.29, 1.82) is 0 Å². The average Bonchev–Trinajstić information content (AvgIpc) is 3.16. The fourth-order valence-electron chi connectivity index (χ4n) is 6.31. The van der Waals surface area contributed by atoms with E-state index in [0.717, 1.165) is 25.7 Å². The third-order valence-corrected chi connectivity index (χ3v) is 8.47. The van der Waals surface area contributed by atoms with Crippen molar-refractivity contribution in [2.24, 2.45) is 5.92 Å². The van der Waals surface area contributed by atoms with E-state index in [2.05, 4.69) is 10.6 Å². The first kappa shape index (κ1) is 25.3. The SMILES string of the molecule is [B]C1(N[C@H]2CCCC[C@@H]2Cc2ccc3c(c2F)CN(C2CCC(=O)NC2=O)C3=O)CCC(F)(F)CC1. The van der Waals surface area contributed by atoms with E-state index in [1.165, 1.54) is 4.90 Å². The lowest BCUT2D eigenvalue weighted by Gasteiger charge is -2.44. The number of rotatable bonds is 5. The summed E-state index contributed by atoms with van der Waals surface area (Å²) in [5.41, 5.74) is 0.204. The number of nitrogens with one attached hydrogen (secondary N) is 2. The van der Waals surface area contributed by atoms with Crippen LogP contribution in [0.1, 0.15) is 85.7 Å². The zero-order chi connectivity index (χ0) is 25.7. The molecule has 2 saturated carbocycles. The molecule has 36 heavy (non-hydrogen) atoms. The Bertz CT molecular complexity index is 1070. The van der Waals surface area contributed by atoms with E-state index in [4.69, 9.17) is 7.85 Å². The largest absolute Gasteiger partial charge is 0.322 e. The molecule has 2 radical (unpaired) electrons. The fraction of sp³-hybridized carbons (Fsp3) is 0.654. The topological polar surface area (TPSA) is 78.5 Å². The first-order valence-electron chi connectivity index (χ1n) is 12.9. The van der Waals surface area contributed by atoms with Crippen molar-refractivity contribution in [2.75, 3.05) is 0 Å². The van der Waals surface area contributed by atoms with Gasteiger partial charge in [-0.25, -0.2) is 13.2 Å². The van der Waals surface area contributed by atoms with Gasteiger partial charge >= 0.3 is 0 Å². The molecule has 3 atom stereocenters. The molecule has 3 fully saturated rings. The number of alkyl halides is 2. The molecule has 2 N–H and O–H groups in total. The van der Waals surface area contributed by atoms with Crippen molar-refractivity contribution in [1.82, 2.24) is 15.5 Å². The molecule has 0 bridgehead atoms. The highest BCUT2D eigenvalue weighted by molar-refractivity contribution is 6.15. The maximum absolute atomic E-state index is 15.7. The summed E-state index contributed by atoms with van der Waals surface area (Å²) >= 11 is 0. The van der Waals surface area contributed by atoms with Gasteiger partial charge in [0.2, 0.25) is 17.7 Å². The summed E-state index contributed by atoms with van der Waals surface area (Å²) in [7, 11) is 6.48. The Balaban J connectivity index is 1.30. The summed E-state index contributed by atoms with van der Waals surface area (Å²) in [6.45, 7) is -0.00736. The number of carbonyl (C=O) groups excluding carboxylic acids is 3. The van der Waals surface area contributed by atoms with E-state index in [-0.39, 0.29) is 74.1 Å². The molecule has 192 valence electrons. The molecule has 1 aromatic carbocycles. The van der Waals surface area contributed by atoms with Crippen LogP contribution >= 0.6 is 0 Å². The van der Waals surface area contributed by atoms with Gasteiger partial charge in [-0.1, -0.05) is 18.9 Å². The Morgan fingerprint density at radius 2 is 1.78 bits per heavy atom. The van der Waals surface area contributed by atoms with Crippen LogP contribution in [0, 0.1) is 11.7 Å². The number of piperidine rings is 1. The molecule has 10 heteroatoms. The van der Waals surface area contributed by atoms with Gasteiger partial charge in [-0.2, -0.15) is 0 Å². The van der Waals surface area contributed by atoms with Gasteiger partial charge in [0.15, 0.2) is 0 Å². The van der Waals surface area contributed by atoms with Crippen molar-refractivity contribution in [3.8, 4) is 0 Å². The van der Waals surface area contributed by atoms with Crippen molar-refractivity contribution in [3.05, 3.63) is 34.6 Å². The molecule has 0 aromatic heterocycles. The Labute approximate surface area is 210 Å². The van der Waals surface area contributed by atoms with Crippen LogP contribution in [-0.4, -0.2) is 53.9 Å². The van der Waals surface area contributed by atoms with Crippen LogP contribution in [0.4, 0.5) is 13.2 Å². The Morgan fingerprint density at radius 1 is 1.06 bits per heavy atom. The van der Waals surface area contributed by atoms with Crippen LogP contribution in [-0.2, 0) is 22.6 Å². The molecule has 2 heterocycles. The normalized spacial score (nSPS) is 29.7. The summed E-state index contributed by atoms with van der Waals surface area (Å²) < 4.78 is 43.0. The molecule has 1 saturated heterocycles. The monoisotopic (exact) mass is 501 g/mol. The van der Waals surface area contributed by atoms with Crippen LogP contribution in [0.15, 0.2) is 12.1 Å². The lowest BCUT2D eigenvalue weighted by molar-refractivity contribution is -0.136. The van der Waals surface area contributed by atoms with Gasteiger partial charge in [-0.15, -0.1) is 0 Å². The number of benzene rings is 1. The van der Waals surface area contributed by atoms with Gasteiger partial charge in [0.25, 0.3) is 5.91 Å². The summed E-state index contributed by atoms with van der Waals surface area (Å²) in [6, 6.07) is 2.48. The molecular weight excluding hydrogens is 470 g/mol. The second-order valence-electron chi connectivity index (χ2n) is 11.0. The standard InChI is InChI=1S/C26H31BF3N3O3/c27-25(9-11-26(29,30)12-10-25)32-19-4-2-1-3-15(19)13-16-5-6-17-18(22(16)28)14-33(24(17)36)20-7-8-21(34)31-23(20)35/h5-6,15,19-20,32H,1-4,7-14H2,(H,31,34,35)/t15-,19+,20?/m1/s1. The van der Waals surface area contributed by atoms with E-state index in [0.29, 0.717) is 12.0 Å². The molecule has 1 unspecified atom stereocenters. The number of hydrogen-bond acceptors (Lipinski definition) is 4. The van der Waals surface area contributed by atoms with Crippen LogP contribution < -0.4 is 10.6 Å². The number of nitrogens with zero attached hydrogens (tertiary/aromatic N) is 1. The minimum atomic E-state index is -2.66. The van der Waals surface area contributed by atoms with Gasteiger partial charge in [-0.05, 0) is 61.5 Å². The molecular formula is C26H31BF3N3O3. The summed E-state index contributed by atoms with van der Waals surface area (Å²) in [6.07, 6.45) is 4.50. The van der Waals surface area contributed by atoms with E-state index in [1.807, 2.05) is 0 Å². The summed E-state index contributed by atoms with van der Waals surface area (Å²) in [5.74, 6) is -4.30. The molecule has 0 spiro atoms. The Hall–Kier alpha value is -2.36. The number of carbonyl (C=O) groups is 3. The molecule has 5 rings (SSSR count). The highest BCUT2D eigenvalue weighted by Crippen LogP contribution is 2.39. The molecule has 2 aliphatic carbocycles. The number of fused-ring (bicyclic) bond motifs is 1.